The predicted molar refractivity (Wildman–Crippen MR) is 86.9 cm³/mol. The number of hydrogen-bond acceptors (Lipinski definition) is 3. The van der Waals surface area contributed by atoms with Gasteiger partial charge in [-0.05, 0) is 30.5 Å². The van der Waals surface area contributed by atoms with Crippen molar-refractivity contribution < 1.29 is 23.9 Å². The quantitative estimate of drug-likeness (QED) is 0.606. The van der Waals surface area contributed by atoms with Crippen LogP contribution >= 0.6 is 0 Å². The molecule has 0 aliphatic rings. The van der Waals surface area contributed by atoms with E-state index in [9.17, 15) is 23.9 Å². The monoisotopic (exact) mass is 338 g/mol. The fraction of sp³-hybridized carbons (Fsp3) is 0.471. The molecular formula is C17H23FN2O4. The fourth-order valence-electron chi connectivity index (χ4n) is 2.11. The van der Waals surface area contributed by atoms with Crippen LogP contribution in [0.3, 0.4) is 0 Å². The molecule has 0 spiro atoms. The van der Waals surface area contributed by atoms with Crippen molar-refractivity contribution in [1.29, 1.82) is 0 Å². The number of carboxylic acid groups (broad SMARTS) is 1. The summed E-state index contributed by atoms with van der Waals surface area (Å²) in [6.45, 7) is 2.48. The number of carbonyl (C=O) groups is 3. The number of benzene rings is 1. The van der Waals surface area contributed by atoms with Crippen LogP contribution in [0.1, 0.15) is 44.1 Å². The zero-order valence-electron chi connectivity index (χ0n) is 13.7. The van der Waals surface area contributed by atoms with E-state index in [2.05, 4.69) is 10.6 Å². The molecule has 0 saturated heterocycles. The van der Waals surface area contributed by atoms with Gasteiger partial charge in [0.1, 0.15) is 5.82 Å². The highest BCUT2D eigenvalue weighted by Gasteiger charge is 2.20. The van der Waals surface area contributed by atoms with E-state index in [4.69, 9.17) is 0 Å². The number of aliphatic carboxylic acids is 1. The molecule has 0 aromatic heterocycles. The number of rotatable bonds is 10. The number of carboxylic acids is 1. The van der Waals surface area contributed by atoms with Crippen LogP contribution < -0.4 is 10.6 Å². The fourth-order valence-corrected chi connectivity index (χ4v) is 2.11. The van der Waals surface area contributed by atoms with Crippen LogP contribution in [0.2, 0.25) is 0 Å². The minimum Gasteiger partial charge on any atom is -0.481 e. The number of carbonyl (C=O) groups excluding carboxylic acids is 2. The maximum Gasteiger partial charge on any atom is 0.312 e. The standard InChI is InChI=1S/C17H23FN2O4/c1-2-10-19-15(21)4-3-5-16(22)20-11-14(17(23)24)12-6-8-13(18)9-7-12/h6-9,14H,2-5,10-11H2,1H3,(H,19,21)(H,20,22)(H,23,24). The lowest BCUT2D eigenvalue weighted by atomic mass is 9.99. The summed E-state index contributed by atoms with van der Waals surface area (Å²) < 4.78 is 12.9. The van der Waals surface area contributed by atoms with Gasteiger partial charge in [0.25, 0.3) is 0 Å². The lowest BCUT2D eigenvalue weighted by Crippen LogP contribution is -2.32. The lowest BCUT2D eigenvalue weighted by Gasteiger charge is -2.14. The van der Waals surface area contributed by atoms with E-state index in [-0.39, 0.29) is 31.2 Å². The van der Waals surface area contributed by atoms with Gasteiger partial charge in [0.05, 0.1) is 5.92 Å². The molecule has 0 aliphatic carbocycles. The second kappa shape index (κ2) is 10.4. The normalized spacial score (nSPS) is 11.6. The molecule has 0 saturated carbocycles. The Labute approximate surface area is 140 Å². The third-order valence-corrected chi connectivity index (χ3v) is 3.45. The van der Waals surface area contributed by atoms with Crippen molar-refractivity contribution in [3.8, 4) is 0 Å². The molecule has 0 aliphatic heterocycles. The van der Waals surface area contributed by atoms with Gasteiger partial charge < -0.3 is 15.7 Å². The van der Waals surface area contributed by atoms with Crippen LogP contribution in [0, 0.1) is 5.82 Å². The molecule has 1 unspecified atom stereocenters. The van der Waals surface area contributed by atoms with Gasteiger partial charge in [-0.3, -0.25) is 14.4 Å². The van der Waals surface area contributed by atoms with Gasteiger partial charge in [0.15, 0.2) is 0 Å². The van der Waals surface area contributed by atoms with Gasteiger partial charge >= 0.3 is 5.97 Å². The van der Waals surface area contributed by atoms with Crippen molar-refractivity contribution >= 4 is 17.8 Å². The van der Waals surface area contributed by atoms with E-state index in [1.807, 2.05) is 6.92 Å². The Morgan fingerprint density at radius 3 is 2.21 bits per heavy atom. The highest BCUT2D eigenvalue weighted by Crippen LogP contribution is 2.16. The predicted octanol–water partition coefficient (Wildman–Crippen LogP) is 1.81. The van der Waals surface area contributed by atoms with E-state index in [0.717, 1.165) is 6.42 Å². The van der Waals surface area contributed by atoms with Crippen LogP contribution in [0.5, 0.6) is 0 Å². The Hall–Kier alpha value is -2.44. The summed E-state index contributed by atoms with van der Waals surface area (Å²) in [5.41, 5.74) is 0.420. The summed E-state index contributed by atoms with van der Waals surface area (Å²) in [6, 6.07) is 5.14. The van der Waals surface area contributed by atoms with Gasteiger partial charge in [-0.15, -0.1) is 0 Å². The summed E-state index contributed by atoms with van der Waals surface area (Å²) >= 11 is 0. The smallest absolute Gasteiger partial charge is 0.312 e. The third kappa shape index (κ3) is 7.21. The molecule has 3 N–H and O–H groups in total. The van der Waals surface area contributed by atoms with Crippen molar-refractivity contribution in [2.75, 3.05) is 13.1 Å². The molecule has 0 bridgehead atoms. The average Bonchev–Trinajstić information content (AvgIpc) is 2.54. The molecule has 24 heavy (non-hydrogen) atoms. The Morgan fingerprint density at radius 2 is 1.67 bits per heavy atom. The molecule has 0 heterocycles. The molecule has 6 nitrogen and oxygen atoms in total. The summed E-state index contributed by atoms with van der Waals surface area (Å²) in [4.78, 5) is 34.5. The molecule has 7 heteroatoms. The van der Waals surface area contributed by atoms with E-state index < -0.39 is 17.7 Å². The van der Waals surface area contributed by atoms with Gasteiger partial charge in [-0.1, -0.05) is 19.1 Å². The Kier molecular flexibility index (Phi) is 8.46. The van der Waals surface area contributed by atoms with Crippen LogP contribution in [0.15, 0.2) is 24.3 Å². The highest BCUT2D eigenvalue weighted by molar-refractivity contribution is 5.80. The first kappa shape index (κ1) is 19.6. The first-order valence-corrected chi connectivity index (χ1v) is 7.95. The molecule has 1 aromatic rings. The van der Waals surface area contributed by atoms with Gasteiger partial charge in [-0.25, -0.2) is 4.39 Å². The SMILES string of the molecule is CCCNC(=O)CCCC(=O)NCC(C(=O)O)c1ccc(F)cc1. The van der Waals surface area contributed by atoms with Gasteiger partial charge in [0, 0.05) is 25.9 Å². The number of hydrogen-bond donors (Lipinski definition) is 3. The molecule has 1 aromatic carbocycles. The summed E-state index contributed by atoms with van der Waals surface area (Å²) in [6.07, 6.45) is 1.66. The molecule has 1 rings (SSSR count). The van der Waals surface area contributed by atoms with E-state index in [1.165, 1.54) is 24.3 Å². The molecule has 0 fully saturated rings. The molecule has 0 radical (unpaired) electrons. The van der Waals surface area contributed by atoms with Crippen LogP contribution in [0.25, 0.3) is 0 Å². The maximum atomic E-state index is 12.9. The summed E-state index contributed by atoms with van der Waals surface area (Å²) in [5, 5.41) is 14.5. The second-order valence-electron chi connectivity index (χ2n) is 5.45. The van der Waals surface area contributed by atoms with Crippen molar-refractivity contribution in [2.45, 2.75) is 38.5 Å². The minimum absolute atomic E-state index is 0.0815. The highest BCUT2D eigenvalue weighted by atomic mass is 19.1. The Balaban J connectivity index is 2.39. The van der Waals surface area contributed by atoms with Crippen molar-refractivity contribution in [3.05, 3.63) is 35.6 Å². The Morgan fingerprint density at radius 1 is 1.08 bits per heavy atom. The van der Waals surface area contributed by atoms with E-state index in [1.54, 1.807) is 0 Å². The maximum absolute atomic E-state index is 12.9. The summed E-state index contributed by atoms with van der Waals surface area (Å²) in [7, 11) is 0. The van der Waals surface area contributed by atoms with Gasteiger partial charge in [-0.2, -0.15) is 0 Å². The zero-order valence-corrected chi connectivity index (χ0v) is 13.7. The van der Waals surface area contributed by atoms with Crippen molar-refractivity contribution in [1.82, 2.24) is 10.6 Å². The molecule has 2 amide bonds. The molecule has 1 atom stereocenters. The largest absolute Gasteiger partial charge is 0.481 e. The van der Waals surface area contributed by atoms with E-state index in [0.29, 0.717) is 18.5 Å². The van der Waals surface area contributed by atoms with Gasteiger partial charge in [0.2, 0.25) is 11.8 Å². The minimum atomic E-state index is -1.10. The second-order valence-corrected chi connectivity index (χ2v) is 5.45. The average molecular weight is 338 g/mol. The zero-order chi connectivity index (χ0) is 17.9. The van der Waals surface area contributed by atoms with Crippen LogP contribution in [0.4, 0.5) is 4.39 Å². The van der Waals surface area contributed by atoms with Crippen molar-refractivity contribution in [3.63, 3.8) is 0 Å². The van der Waals surface area contributed by atoms with Crippen molar-refractivity contribution in [2.24, 2.45) is 0 Å². The first-order chi connectivity index (χ1) is 11.4. The van der Waals surface area contributed by atoms with Crippen LogP contribution in [-0.2, 0) is 14.4 Å². The van der Waals surface area contributed by atoms with Crippen LogP contribution in [-0.4, -0.2) is 36.0 Å². The first-order valence-electron chi connectivity index (χ1n) is 7.95. The summed E-state index contributed by atoms with van der Waals surface area (Å²) in [5.74, 6) is -2.90. The van der Waals surface area contributed by atoms with E-state index >= 15 is 0 Å². The topological polar surface area (TPSA) is 95.5 Å². The Bertz CT molecular complexity index is 560. The molecular weight excluding hydrogens is 315 g/mol. The number of nitrogens with one attached hydrogen (secondary N) is 2. The lowest BCUT2D eigenvalue weighted by molar-refractivity contribution is -0.138. The third-order valence-electron chi connectivity index (χ3n) is 3.45. The number of halogens is 1. The molecule has 132 valence electrons. The number of amides is 2.